The van der Waals surface area contributed by atoms with Crippen LogP contribution in [-0.4, -0.2) is 9.97 Å². The number of thiophene rings is 1. The van der Waals surface area contributed by atoms with Crippen molar-refractivity contribution in [3.05, 3.63) is 179 Å². The number of aromatic nitrogens is 2. The Kier molecular flexibility index (Phi) is 6.43. The number of hydrogen-bond acceptors (Lipinski definition) is 3. The van der Waals surface area contributed by atoms with E-state index in [9.17, 15) is 0 Å². The van der Waals surface area contributed by atoms with Crippen molar-refractivity contribution in [2.45, 2.75) is 49.9 Å². The van der Waals surface area contributed by atoms with Gasteiger partial charge in [0.15, 0.2) is 5.82 Å². The molecule has 2 aromatic heterocycles. The van der Waals surface area contributed by atoms with Crippen LogP contribution in [0.2, 0.25) is 0 Å². The molecule has 57 heavy (non-hydrogen) atoms. The standard InChI is InChI=1S/C54H38N2S/c1-53-42-21-8-6-18-38(42)40-30-46-41(31-45(40)53)48-37(20-13-22-43(48)54(46)26-10-3-11-27-54)34-17-12-16-33(28-34)36-25-24-35(29-44(36)53)49-51-50(39-19-7-9-23-47(39)57-51)56-52(55-49)32-14-4-2-5-15-32/h2,4-9,12-25,28-31H,3,10-11,26-27H2,1H3. The van der Waals surface area contributed by atoms with Gasteiger partial charge in [0, 0.05) is 32.0 Å². The van der Waals surface area contributed by atoms with Crippen LogP contribution in [0.4, 0.5) is 0 Å². The summed E-state index contributed by atoms with van der Waals surface area (Å²) in [6.45, 7) is 2.50. The van der Waals surface area contributed by atoms with E-state index in [4.69, 9.17) is 9.97 Å². The van der Waals surface area contributed by atoms with Gasteiger partial charge in [-0.25, -0.2) is 9.97 Å². The third-order valence-corrected chi connectivity index (χ3v) is 15.3. The predicted octanol–water partition coefficient (Wildman–Crippen LogP) is 14.4. The van der Waals surface area contributed by atoms with Crippen LogP contribution in [-0.2, 0) is 10.8 Å². The Morgan fingerprint density at radius 2 is 1.18 bits per heavy atom. The van der Waals surface area contributed by atoms with E-state index in [1.807, 2.05) is 0 Å². The van der Waals surface area contributed by atoms with Gasteiger partial charge in [0.2, 0.25) is 0 Å². The van der Waals surface area contributed by atoms with Crippen LogP contribution >= 0.6 is 11.3 Å². The van der Waals surface area contributed by atoms with E-state index in [0.717, 1.165) is 32.9 Å². The van der Waals surface area contributed by atoms with Gasteiger partial charge in [-0.1, -0.05) is 141 Å². The van der Waals surface area contributed by atoms with Crippen molar-refractivity contribution in [1.82, 2.24) is 9.97 Å². The number of hydrogen-bond donors (Lipinski definition) is 0. The summed E-state index contributed by atoms with van der Waals surface area (Å²) in [5, 5.41) is 1.18. The normalized spacial score (nSPS) is 17.8. The van der Waals surface area contributed by atoms with Crippen molar-refractivity contribution in [2.75, 3.05) is 0 Å². The van der Waals surface area contributed by atoms with E-state index in [1.165, 1.54) is 103 Å². The largest absolute Gasteiger partial charge is 0.226 e. The number of benzene rings is 7. The van der Waals surface area contributed by atoms with Crippen molar-refractivity contribution in [3.8, 4) is 67.2 Å². The second kappa shape index (κ2) is 11.5. The molecule has 1 saturated carbocycles. The number of fused-ring (bicyclic) bond motifs is 14. The third kappa shape index (κ3) is 4.20. The lowest BCUT2D eigenvalue weighted by atomic mass is 9.67. The summed E-state index contributed by atoms with van der Waals surface area (Å²) in [6, 6.07) is 57.4. The Bertz CT molecular complexity index is 3180. The van der Waals surface area contributed by atoms with Gasteiger partial charge in [-0.3, -0.25) is 0 Å². The Labute approximate surface area is 336 Å². The fourth-order valence-corrected chi connectivity index (χ4v) is 12.6. The van der Waals surface area contributed by atoms with Crippen LogP contribution in [0.15, 0.2) is 152 Å². The molecule has 13 rings (SSSR count). The van der Waals surface area contributed by atoms with Crippen LogP contribution in [0.1, 0.15) is 66.8 Å². The minimum Gasteiger partial charge on any atom is -0.226 e. The molecule has 4 bridgehead atoms. The maximum absolute atomic E-state index is 5.45. The molecule has 0 amide bonds. The highest BCUT2D eigenvalue weighted by molar-refractivity contribution is 7.26. The fraction of sp³-hybridized carbons (Fsp3) is 0.148. The SMILES string of the molecule is CC12c3cc(-c4nc(-c5ccccc5)nc5c4sc4ccccc45)ccc3-c3cccc(c3)-c3cccc4c3-c3cc1c(cc3C41CCCCC1)-c1ccccc12. The van der Waals surface area contributed by atoms with Crippen LogP contribution in [0, 0.1) is 0 Å². The molecule has 4 aliphatic rings. The first-order chi connectivity index (χ1) is 28.1. The summed E-state index contributed by atoms with van der Waals surface area (Å²) >= 11 is 1.80. The summed E-state index contributed by atoms with van der Waals surface area (Å²) in [4.78, 5) is 10.7. The third-order valence-electron chi connectivity index (χ3n) is 14.1. The number of nitrogens with zero attached hydrogens (tertiary/aromatic N) is 2. The summed E-state index contributed by atoms with van der Waals surface area (Å²) in [6.07, 6.45) is 6.32. The average Bonchev–Trinajstić information content (AvgIpc) is 3.87. The van der Waals surface area contributed by atoms with Gasteiger partial charge >= 0.3 is 0 Å². The molecule has 9 aromatic rings. The fourth-order valence-electron chi connectivity index (χ4n) is 11.5. The van der Waals surface area contributed by atoms with Crippen LogP contribution < -0.4 is 0 Å². The summed E-state index contributed by atoms with van der Waals surface area (Å²) < 4.78 is 2.36. The summed E-state index contributed by atoms with van der Waals surface area (Å²) in [5.41, 5.74) is 21.8. The monoisotopic (exact) mass is 746 g/mol. The maximum Gasteiger partial charge on any atom is 0.160 e. The first kappa shape index (κ1) is 32.0. The van der Waals surface area contributed by atoms with E-state index in [0.29, 0.717) is 0 Å². The first-order valence-corrected chi connectivity index (χ1v) is 21.3. The molecule has 7 aromatic carbocycles. The van der Waals surface area contributed by atoms with Crippen molar-refractivity contribution < 1.29 is 0 Å². The predicted molar refractivity (Wildman–Crippen MR) is 237 cm³/mol. The van der Waals surface area contributed by atoms with Gasteiger partial charge in [0.05, 0.1) is 15.9 Å². The van der Waals surface area contributed by atoms with Gasteiger partial charge in [0.25, 0.3) is 0 Å². The van der Waals surface area contributed by atoms with Gasteiger partial charge in [0.1, 0.15) is 0 Å². The quantitative estimate of drug-likeness (QED) is 0.176. The van der Waals surface area contributed by atoms with Crippen molar-refractivity contribution in [2.24, 2.45) is 0 Å². The Balaban J connectivity index is 1.15. The Hall–Kier alpha value is -6.16. The first-order valence-electron chi connectivity index (χ1n) is 20.5. The zero-order valence-electron chi connectivity index (χ0n) is 31.8. The molecule has 270 valence electrons. The maximum atomic E-state index is 5.45. The van der Waals surface area contributed by atoms with Crippen LogP contribution in [0.3, 0.4) is 0 Å². The minimum atomic E-state index is -0.418. The zero-order chi connectivity index (χ0) is 37.5. The van der Waals surface area contributed by atoms with Gasteiger partial charge in [-0.05, 0) is 122 Å². The molecule has 2 heterocycles. The summed E-state index contributed by atoms with van der Waals surface area (Å²) in [7, 11) is 0. The highest BCUT2D eigenvalue weighted by Crippen LogP contribution is 2.63. The van der Waals surface area contributed by atoms with Crippen molar-refractivity contribution in [3.63, 3.8) is 0 Å². The Morgan fingerprint density at radius 3 is 2.07 bits per heavy atom. The molecule has 0 radical (unpaired) electrons. The van der Waals surface area contributed by atoms with E-state index >= 15 is 0 Å². The van der Waals surface area contributed by atoms with Crippen molar-refractivity contribution >= 4 is 31.6 Å². The lowest BCUT2D eigenvalue weighted by Crippen LogP contribution is -2.28. The number of rotatable bonds is 2. The van der Waals surface area contributed by atoms with E-state index in [1.54, 1.807) is 22.5 Å². The molecule has 1 spiro atoms. The molecule has 1 unspecified atom stereocenters. The second-order valence-electron chi connectivity index (χ2n) is 16.9. The highest BCUT2D eigenvalue weighted by atomic mass is 32.1. The molecular formula is C54H38N2S. The smallest absolute Gasteiger partial charge is 0.160 e. The van der Waals surface area contributed by atoms with Crippen LogP contribution in [0.5, 0.6) is 0 Å². The van der Waals surface area contributed by atoms with Gasteiger partial charge in [-0.2, -0.15) is 0 Å². The second-order valence-corrected chi connectivity index (χ2v) is 17.9. The molecule has 0 saturated heterocycles. The summed E-state index contributed by atoms with van der Waals surface area (Å²) in [5.74, 6) is 0.759. The zero-order valence-corrected chi connectivity index (χ0v) is 32.6. The van der Waals surface area contributed by atoms with Gasteiger partial charge < -0.3 is 0 Å². The van der Waals surface area contributed by atoms with Gasteiger partial charge in [-0.15, -0.1) is 11.3 Å². The minimum absolute atomic E-state index is 0.0633. The molecular weight excluding hydrogens is 709 g/mol. The molecule has 2 nitrogen and oxygen atoms in total. The molecule has 4 aliphatic carbocycles. The molecule has 1 atom stereocenters. The van der Waals surface area contributed by atoms with E-state index in [2.05, 4.69) is 159 Å². The lowest BCUT2D eigenvalue weighted by Gasteiger charge is -2.36. The molecule has 1 fully saturated rings. The molecule has 3 heteroatoms. The molecule has 0 aliphatic heterocycles. The lowest BCUT2D eigenvalue weighted by molar-refractivity contribution is 0.353. The molecule has 0 N–H and O–H groups in total. The van der Waals surface area contributed by atoms with E-state index < -0.39 is 5.41 Å². The highest BCUT2D eigenvalue weighted by Gasteiger charge is 2.49. The average molecular weight is 747 g/mol. The Morgan fingerprint density at radius 1 is 0.474 bits per heavy atom. The van der Waals surface area contributed by atoms with Crippen LogP contribution in [0.25, 0.3) is 87.5 Å². The topological polar surface area (TPSA) is 25.8 Å². The van der Waals surface area contributed by atoms with Crippen molar-refractivity contribution in [1.29, 1.82) is 0 Å². The van der Waals surface area contributed by atoms with E-state index in [-0.39, 0.29) is 5.41 Å².